The van der Waals surface area contributed by atoms with Gasteiger partial charge in [-0.25, -0.2) is 0 Å². The Balaban J connectivity index is 2.92. The first kappa shape index (κ1) is 14.5. The second-order valence-corrected chi connectivity index (χ2v) is 3.48. The van der Waals surface area contributed by atoms with Crippen LogP contribution in [0.2, 0.25) is 0 Å². The van der Waals surface area contributed by atoms with Gasteiger partial charge in [0, 0.05) is 19.8 Å². The van der Waals surface area contributed by atoms with Gasteiger partial charge in [0.05, 0.1) is 0 Å². The fraction of sp³-hybridized carbons (Fsp3) is 0.385. The highest BCUT2D eigenvalue weighted by molar-refractivity contribution is 5.42. The van der Waals surface area contributed by atoms with Crippen molar-refractivity contribution in [3.63, 3.8) is 0 Å². The summed E-state index contributed by atoms with van der Waals surface area (Å²) in [7, 11) is 3.06. The van der Waals surface area contributed by atoms with Gasteiger partial charge in [-0.05, 0) is 18.2 Å². The van der Waals surface area contributed by atoms with Crippen LogP contribution >= 0.6 is 0 Å². The Kier molecular flexibility index (Phi) is 6.21. The Morgan fingerprint density at radius 3 is 2.50 bits per heavy atom. The Hall–Kier alpha value is -1.56. The van der Waals surface area contributed by atoms with Gasteiger partial charge in [0.15, 0.2) is 13.6 Å². The zero-order valence-corrected chi connectivity index (χ0v) is 10.6. The van der Waals surface area contributed by atoms with Crippen LogP contribution in [0.1, 0.15) is 11.7 Å². The van der Waals surface area contributed by atoms with E-state index in [1.165, 1.54) is 20.3 Å². The summed E-state index contributed by atoms with van der Waals surface area (Å²) in [5.41, 5.74) is 0.565. The van der Waals surface area contributed by atoms with Gasteiger partial charge in [0.1, 0.15) is 17.6 Å². The molecule has 0 bridgehead atoms. The molecule has 0 unspecified atom stereocenters. The van der Waals surface area contributed by atoms with Crippen molar-refractivity contribution in [2.45, 2.75) is 6.10 Å². The number of ether oxygens (including phenoxy) is 4. The quantitative estimate of drug-likeness (QED) is 0.567. The summed E-state index contributed by atoms with van der Waals surface area (Å²) >= 11 is 0. The molecule has 18 heavy (non-hydrogen) atoms. The van der Waals surface area contributed by atoms with Crippen molar-refractivity contribution < 1.29 is 24.1 Å². The highest BCUT2D eigenvalue weighted by Crippen LogP contribution is 2.30. The smallest absolute Gasteiger partial charge is 0.188 e. The number of aliphatic hydroxyl groups is 1. The molecular formula is C13H18O5. The highest BCUT2D eigenvalue weighted by atomic mass is 16.7. The van der Waals surface area contributed by atoms with E-state index in [4.69, 9.17) is 18.9 Å². The van der Waals surface area contributed by atoms with Gasteiger partial charge in [-0.1, -0.05) is 6.08 Å². The van der Waals surface area contributed by atoms with Gasteiger partial charge >= 0.3 is 0 Å². The van der Waals surface area contributed by atoms with Gasteiger partial charge in [-0.15, -0.1) is 6.58 Å². The molecule has 0 aliphatic heterocycles. The normalized spacial score (nSPS) is 11.9. The lowest BCUT2D eigenvalue weighted by molar-refractivity contribution is 0.0464. The predicted octanol–water partition coefficient (Wildman–Crippen LogP) is 1.87. The van der Waals surface area contributed by atoms with E-state index in [-0.39, 0.29) is 13.6 Å². The standard InChI is InChI=1S/C13H18O5/c1-4-12(14)11-7-10(17-8-15-2)5-6-13(11)18-9-16-3/h4-7,12,14H,1,8-9H2,2-3H3/t12-/m1/s1. The van der Waals surface area contributed by atoms with Crippen molar-refractivity contribution in [2.75, 3.05) is 27.8 Å². The summed E-state index contributed by atoms with van der Waals surface area (Å²) in [6.07, 6.45) is 0.581. The molecule has 5 nitrogen and oxygen atoms in total. The van der Waals surface area contributed by atoms with E-state index >= 15 is 0 Å². The Morgan fingerprint density at radius 1 is 1.22 bits per heavy atom. The molecule has 5 heteroatoms. The second-order valence-electron chi connectivity index (χ2n) is 3.48. The van der Waals surface area contributed by atoms with Crippen molar-refractivity contribution in [1.29, 1.82) is 0 Å². The number of hydrogen-bond acceptors (Lipinski definition) is 5. The second kappa shape index (κ2) is 7.71. The maximum absolute atomic E-state index is 9.83. The van der Waals surface area contributed by atoms with Crippen LogP contribution < -0.4 is 9.47 Å². The van der Waals surface area contributed by atoms with Gasteiger partial charge in [-0.3, -0.25) is 0 Å². The molecule has 1 N–H and O–H groups in total. The maximum Gasteiger partial charge on any atom is 0.188 e. The first-order chi connectivity index (χ1) is 8.72. The van der Waals surface area contributed by atoms with E-state index < -0.39 is 6.10 Å². The molecule has 0 amide bonds. The molecule has 0 aliphatic rings. The molecular weight excluding hydrogens is 236 g/mol. The van der Waals surface area contributed by atoms with Gasteiger partial charge in [0.2, 0.25) is 0 Å². The number of methoxy groups -OCH3 is 2. The summed E-state index contributed by atoms with van der Waals surface area (Å²) in [5.74, 6) is 1.10. The molecule has 0 aliphatic carbocycles. The average Bonchev–Trinajstić information content (AvgIpc) is 2.42. The summed E-state index contributed by atoms with van der Waals surface area (Å²) < 4.78 is 20.3. The summed E-state index contributed by atoms with van der Waals surface area (Å²) in [5, 5.41) is 9.83. The molecule has 1 aromatic carbocycles. The minimum Gasteiger partial charge on any atom is -0.468 e. The van der Waals surface area contributed by atoms with Crippen molar-refractivity contribution >= 4 is 0 Å². The topological polar surface area (TPSA) is 57.2 Å². The SMILES string of the molecule is C=C[C@@H](O)c1cc(OCOC)ccc1OCOC. The van der Waals surface area contributed by atoms with Crippen molar-refractivity contribution in [3.05, 3.63) is 36.4 Å². The molecule has 0 aromatic heterocycles. The Labute approximate surface area is 107 Å². The zero-order valence-electron chi connectivity index (χ0n) is 10.6. The van der Waals surface area contributed by atoms with E-state index in [9.17, 15) is 5.11 Å². The zero-order chi connectivity index (χ0) is 13.4. The van der Waals surface area contributed by atoms with Crippen molar-refractivity contribution in [2.24, 2.45) is 0 Å². The molecule has 0 saturated heterocycles. The number of rotatable bonds is 8. The number of benzene rings is 1. The molecule has 0 heterocycles. The maximum atomic E-state index is 9.83. The third-order valence-electron chi connectivity index (χ3n) is 2.20. The van der Waals surface area contributed by atoms with Crippen LogP contribution in [0.3, 0.4) is 0 Å². The third-order valence-corrected chi connectivity index (χ3v) is 2.20. The first-order valence-electron chi connectivity index (χ1n) is 5.41. The molecule has 0 fully saturated rings. The average molecular weight is 254 g/mol. The predicted molar refractivity (Wildman–Crippen MR) is 66.6 cm³/mol. The van der Waals surface area contributed by atoms with E-state index in [1.807, 2.05) is 0 Å². The van der Waals surface area contributed by atoms with Crippen LogP contribution in [0, 0.1) is 0 Å². The highest BCUT2D eigenvalue weighted by Gasteiger charge is 2.12. The Morgan fingerprint density at radius 2 is 1.89 bits per heavy atom. The van der Waals surface area contributed by atoms with Gasteiger partial charge in [-0.2, -0.15) is 0 Å². The molecule has 0 saturated carbocycles. The monoisotopic (exact) mass is 254 g/mol. The molecule has 1 rings (SSSR count). The van der Waals surface area contributed by atoms with Crippen LogP contribution in [-0.4, -0.2) is 32.9 Å². The third kappa shape index (κ3) is 4.03. The Bertz CT molecular complexity index is 378. The lowest BCUT2D eigenvalue weighted by Crippen LogP contribution is -2.05. The fourth-order valence-electron chi connectivity index (χ4n) is 1.36. The molecule has 0 spiro atoms. The van der Waals surface area contributed by atoms with E-state index in [0.29, 0.717) is 17.1 Å². The van der Waals surface area contributed by atoms with E-state index in [0.717, 1.165) is 0 Å². The summed E-state index contributed by atoms with van der Waals surface area (Å²) in [6.45, 7) is 3.79. The largest absolute Gasteiger partial charge is 0.468 e. The van der Waals surface area contributed by atoms with Gasteiger partial charge in [0.25, 0.3) is 0 Å². The lowest BCUT2D eigenvalue weighted by Gasteiger charge is -2.15. The minimum atomic E-state index is -0.831. The number of aliphatic hydroxyl groups excluding tert-OH is 1. The molecule has 0 radical (unpaired) electrons. The van der Waals surface area contributed by atoms with Crippen LogP contribution in [0.25, 0.3) is 0 Å². The summed E-state index contributed by atoms with van der Waals surface area (Å²) in [4.78, 5) is 0. The van der Waals surface area contributed by atoms with Crippen molar-refractivity contribution in [1.82, 2.24) is 0 Å². The van der Waals surface area contributed by atoms with E-state index in [2.05, 4.69) is 6.58 Å². The molecule has 100 valence electrons. The summed E-state index contributed by atoms with van der Waals surface area (Å²) in [6, 6.07) is 5.10. The van der Waals surface area contributed by atoms with E-state index in [1.54, 1.807) is 18.2 Å². The lowest BCUT2D eigenvalue weighted by atomic mass is 10.1. The number of hydrogen-bond donors (Lipinski definition) is 1. The molecule has 1 aromatic rings. The van der Waals surface area contributed by atoms with Crippen LogP contribution in [0.15, 0.2) is 30.9 Å². The molecule has 1 atom stereocenters. The minimum absolute atomic E-state index is 0.106. The van der Waals surface area contributed by atoms with Crippen LogP contribution in [0.5, 0.6) is 11.5 Å². The fourth-order valence-corrected chi connectivity index (χ4v) is 1.36. The van der Waals surface area contributed by atoms with Crippen LogP contribution in [0.4, 0.5) is 0 Å². The van der Waals surface area contributed by atoms with Crippen LogP contribution in [-0.2, 0) is 9.47 Å². The van der Waals surface area contributed by atoms with Gasteiger partial charge < -0.3 is 24.1 Å². The first-order valence-corrected chi connectivity index (χ1v) is 5.41. The van der Waals surface area contributed by atoms with Crippen molar-refractivity contribution in [3.8, 4) is 11.5 Å².